The van der Waals surface area contributed by atoms with Gasteiger partial charge in [-0.05, 0) is 24.7 Å². The Kier molecular flexibility index (Phi) is 3.40. The monoisotopic (exact) mass is 180 g/mol. The van der Waals surface area contributed by atoms with Crippen LogP contribution in [-0.2, 0) is 0 Å². The summed E-state index contributed by atoms with van der Waals surface area (Å²) >= 11 is 0. The minimum Gasteiger partial charge on any atom is -0.508 e. The Morgan fingerprint density at radius 2 is 2.38 bits per heavy atom. The van der Waals surface area contributed by atoms with E-state index in [0.717, 1.165) is 5.56 Å². The van der Waals surface area contributed by atoms with Crippen LogP contribution >= 0.6 is 0 Å². The Bertz CT molecular complexity index is 289. The maximum absolute atomic E-state index is 10.4. The smallest absolute Gasteiger partial charge is 0.129 e. The van der Waals surface area contributed by atoms with E-state index in [2.05, 4.69) is 10.5 Å². The van der Waals surface area contributed by atoms with Gasteiger partial charge in [-0.2, -0.15) is 4.91 Å². The van der Waals surface area contributed by atoms with Gasteiger partial charge in [0, 0.05) is 6.54 Å². The average Bonchev–Trinajstić information content (AvgIpc) is 2.14. The van der Waals surface area contributed by atoms with E-state index < -0.39 is 6.04 Å². The molecule has 2 N–H and O–H groups in total. The number of aromatic hydroxyl groups is 1. The van der Waals surface area contributed by atoms with E-state index in [0.29, 0.717) is 6.54 Å². The third-order valence-corrected chi connectivity index (χ3v) is 1.78. The topological polar surface area (TPSA) is 61.7 Å². The van der Waals surface area contributed by atoms with Crippen molar-refractivity contribution in [2.45, 2.75) is 6.04 Å². The first-order chi connectivity index (χ1) is 6.27. The fraction of sp³-hybridized carbons (Fsp3) is 0.333. The van der Waals surface area contributed by atoms with Crippen molar-refractivity contribution in [2.75, 3.05) is 13.6 Å². The van der Waals surface area contributed by atoms with E-state index in [-0.39, 0.29) is 5.75 Å². The summed E-state index contributed by atoms with van der Waals surface area (Å²) in [7, 11) is 1.75. The third-order valence-electron chi connectivity index (χ3n) is 1.78. The zero-order chi connectivity index (χ0) is 9.68. The molecule has 4 heteroatoms. The second-order valence-corrected chi connectivity index (χ2v) is 2.77. The zero-order valence-electron chi connectivity index (χ0n) is 7.40. The predicted molar refractivity (Wildman–Crippen MR) is 50.6 cm³/mol. The lowest BCUT2D eigenvalue weighted by Gasteiger charge is -2.08. The molecule has 0 saturated heterocycles. The number of hydrogen-bond acceptors (Lipinski definition) is 4. The molecule has 1 aromatic rings. The third kappa shape index (κ3) is 2.52. The summed E-state index contributed by atoms with van der Waals surface area (Å²) in [4.78, 5) is 10.4. The Morgan fingerprint density at radius 3 is 2.92 bits per heavy atom. The van der Waals surface area contributed by atoms with Crippen molar-refractivity contribution >= 4 is 0 Å². The number of phenolic OH excluding ortho intramolecular Hbond substituents is 1. The SMILES string of the molecule is CNCC(N=O)c1cccc(O)c1. The Balaban J connectivity index is 2.84. The number of hydrogen-bond donors (Lipinski definition) is 2. The highest BCUT2D eigenvalue weighted by Crippen LogP contribution is 2.20. The molecule has 0 fully saturated rings. The maximum Gasteiger partial charge on any atom is 0.129 e. The van der Waals surface area contributed by atoms with Crippen LogP contribution in [0.2, 0.25) is 0 Å². The number of nitrogens with one attached hydrogen (secondary N) is 1. The molecular formula is C9H12N2O2. The van der Waals surface area contributed by atoms with Crippen molar-refractivity contribution in [1.29, 1.82) is 0 Å². The van der Waals surface area contributed by atoms with Gasteiger partial charge in [-0.1, -0.05) is 17.3 Å². The number of nitroso groups, excluding NO2 is 1. The molecule has 0 heterocycles. The average molecular weight is 180 g/mol. The lowest BCUT2D eigenvalue weighted by atomic mass is 10.1. The zero-order valence-corrected chi connectivity index (χ0v) is 7.40. The van der Waals surface area contributed by atoms with E-state index >= 15 is 0 Å². The largest absolute Gasteiger partial charge is 0.508 e. The number of phenols is 1. The summed E-state index contributed by atoms with van der Waals surface area (Å²) in [6.07, 6.45) is 0. The van der Waals surface area contributed by atoms with Crippen molar-refractivity contribution in [2.24, 2.45) is 5.18 Å². The van der Waals surface area contributed by atoms with Gasteiger partial charge in [0.1, 0.15) is 11.8 Å². The van der Waals surface area contributed by atoms with Crippen molar-refractivity contribution in [3.63, 3.8) is 0 Å². The van der Waals surface area contributed by atoms with Crippen molar-refractivity contribution in [3.8, 4) is 5.75 Å². The molecule has 0 aliphatic heterocycles. The van der Waals surface area contributed by atoms with Crippen LogP contribution in [0.3, 0.4) is 0 Å². The van der Waals surface area contributed by atoms with Crippen molar-refractivity contribution in [3.05, 3.63) is 34.7 Å². The highest BCUT2D eigenvalue weighted by atomic mass is 16.3. The van der Waals surface area contributed by atoms with Crippen LogP contribution in [0.5, 0.6) is 5.75 Å². The quantitative estimate of drug-likeness (QED) is 0.689. The second-order valence-electron chi connectivity index (χ2n) is 2.77. The van der Waals surface area contributed by atoms with Gasteiger partial charge in [0.05, 0.1) is 0 Å². The number of nitrogens with zero attached hydrogens (tertiary/aromatic N) is 1. The minimum atomic E-state index is -0.433. The summed E-state index contributed by atoms with van der Waals surface area (Å²) in [6, 6.07) is 6.13. The van der Waals surface area contributed by atoms with Gasteiger partial charge in [-0.15, -0.1) is 0 Å². The lowest BCUT2D eigenvalue weighted by Crippen LogP contribution is -2.15. The molecule has 13 heavy (non-hydrogen) atoms. The van der Waals surface area contributed by atoms with E-state index in [1.807, 2.05) is 0 Å². The number of rotatable bonds is 4. The molecule has 1 aromatic carbocycles. The maximum atomic E-state index is 10.4. The molecule has 1 rings (SSSR count). The van der Waals surface area contributed by atoms with E-state index in [1.54, 1.807) is 31.3 Å². The summed E-state index contributed by atoms with van der Waals surface area (Å²) in [6.45, 7) is 0.479. The predicted octanol–water partition coefficient (Wildman–Crippen LogP) is 1.42. The highest BCUT2D eigenvalue weighted by molar-refractivity contribution is 5.29. The van der Waals surface area contributed by atoms with Crippen LogP contribution in [-0.4, -0.2) is 18.7 Å². The molecule has 1 unspecified atom stereocenters. The Labute approximate surface area is 76.6 Å². The van der Waals surface area contributed by atoms with E-state index in [1.165, 1.54) is 0 Å². The summed E-state index contributed by atoms with van der Waals surface area (Å²) in [5.41, 5.74) is 0.726. The fourth-order valence-corrected chi connectivity index (χ4v) is 1.14. The van der Waals surface area contributed by atoms with Gasteiger partial charge in [-0.25, -0.2) is 0 Å². The molecule has 70 valence electrons. The summed E-state index contributed by atoms with van der Waals surface area (Å²) in [5.74, 6) is 0.155. The lowest BCUT2D eigenvalue weighted by molar-refractivity contribution is 0.473. The van der Waals surface area contributed by atoms with E-state index in [9.17, 15) is 4.91 Å². The van der Waals surface area contributed by atoms with Crippen LogP contribution in [0.15, 0.2) is 29.4 Å². The first-order valence-electron chi connectivity index (χ1n) is 4.04. The van der Waals surface area contributed by atoms with Crippen LogP contribution in [0.4, 0.5) is 0 Å². The van der Waals surface area contributed by atoms with Crippen molar-refractivity contribution in [1.82, 2.24) is 5.32 Å². The van der Waals surface area contributed by atoms with Gasteiger partial charge < -0.3 is 10.4 Å². The van der Waals surface area contributed by atoms with Crippen LogP contribution in [0.1, 0.15) is 11.6 Å². The minimum absolute atomic E-state index is 0.155. The first-order valence-corrected chi connectivity index (χ1v) is 4.04. The normalized spacial score (nSPS) is 12.4. The van der Waals surface area contributed by atoms with Gasteiger partial charge in [0.25, 0.3) is 0 Å². The molecule has 0 aliphatic carbocycles. The first kappa shape index (κ1) is 9.67. The van der Waals surface area contributed by atoms with Gasteiger partial charge in [0.2, 0.25) is 0 Å². The van der Waals surface area contributed by atoms with Gasteiger partial charge >= 0.3 is 0 Å². The fourth-order valence-electron chi connectivity index (χ4n) is 1.14. The number of likely N-dealkylation sites (N-methyl/N-ethyl adjacent to an activating group) is 1. The van der Waals surface area contributed by atoms with Crippen LogP contribution in [0, 0.1) is 4.91 Å². The molecule has 0 amide bonds. The summed E-state index contributed by atoms with van der Waals surface area (Å²) in [5, 5.41) is 15.0. The van der Waals surface area contributed by atoms with Crippen LogP contribution < -0.4 is 5.32 Å². The molecule has 0 spiro atoms. The highest BCUT2D eigenvalue weighted by Gasteiger charge is 2.10. The molecule has 1 atom stereocenters. The van der Waals surface area contributed by atoms with Gasteiger partial charge in [0.15, 0.2) is 0 Å². The molecule has 0 bridgehead atoms. The van der Waals surface area contributed by atoms with Crippen molar-refractivity contribution < 1.29 is 5.11 Å². The van der Waals surface area contributed by atoms with E-state index in [4.69, 9.17) is 5.11 Å². The standard InChI is InChI=1S/C9H12N2O2/c1-10-6-9(11-13)7-3-2-4-8(12)5-7/h2-5,9-10,12H,6H2,1H3. The molecule has 0 radical (unpaired) electrons. The second kappa shape index (κ2) is 4.57. The molecule has 0 aromatic heterocycles. The number of benzene rings is 1. The Morgan fingerprint density at radius 1 is 1.62 bits per heavy atom. The molecular weight excluding hydrogens is 168 g/mol. The van der Waals surface area contributed by atoms with Gasteiger partial charge in [-0.3, -0.25) is 0 Å². The summed E-state index contributed by atoms with van der Waals surface area (Å²) < 4.78 is 0. The Hall–Kier alpha value is -1.42. The van der Waals surface area contributed by atoms with Crippen LogP contribution in [0.25, 0.3) is 0 Å². The molecule has 0 aliphatic rings. The molecule has 0 saturated carbocycles. The molecule has 4 nitrogen and oxygen atoms in total.